The SMILES string of the molecule is CCn1cc(Cl)c(CN(C)C(=S)NCCCn2nc(C)cc2C)n1. The molecule has 2 heterocycles. The van der Waals surface area contributed by atoms with Gasteiger partial charge in [-0.05, 0) is 45.5 Å². The Kier molecular flexibility index (Phi) is 6.62. The molecule has 0 aliphatic heterocycles. The second-order valence-corrected chi connectivity index (χ2v) is 6.67. The maximum Gasteiger partial charge on any atom is 0.169 e. The van der Waals surface area contributed by atoms with E-state index in [4.69, 9.17) is 23.8 Å². The fourth-order valence-corrected chi connectivity index (χ4v) is 2.84. The van der Waals surface area contributed by atoms with Crippen LogP contribution in [0.2, 0.25) is 5.02 Å². The maximum absolute atomic E-state index is 6.20. The summed E-state index contributed by atoms with van der Waals surface area (Å²) in [6.07, 6.45) is 2.80. The minimum absolute atomic E-state index is 0.592. The predicted molar refractivity (Wildman–Crippen MR) is 101 cm³/mol. The quantitative estimate of drug-likeness (QED) is 0.601. The Balaban J connectivity index is 1.75. The summed E-state index contributed by atoms with van der Waals surface area (Å²) in [7, 11) is 1.94. The molecule has 0 saturated carbocycles. The van der Waals surface area contributed by atoms with Gasteiger partial charge in [0.1, 0.15) is 5.69 Å². The normalized spacial score (nSPS) is 10.9. The average molecular weight is 369 g/mol. The number of rotatable bonds is 7. The first-order valence-corrected chi connectivity index (χ1v) is 8.91. The molecule has 132 valence electrons. The largest absolute Gasteiger partial charge is 0.362 e. The van der Waals surface area contributed by atoms with Crippen LogP contribution >= 0.6 is 23.8 Å². The number of hydrogen-bond acceptors (Lipinski definition) is 3. The smallest absolute Gasteiger partial charge is 0.169 e. The Morgan fingerprint density at radius 2 is 2.12 bits per heavy atom. The van der Waals surface area contributed by atoms with Crippen molar-refractivity contribution in [3.63, 3.8) is 0 Å². The van der Waals surface area contributed by atoms with E-state index < -0.39 is 0 Å². The molecule has 24 heavy (non-hydrogen) atoms. The van der Waals surface area contributed by atoms with Gasteiger partial charge in [-0.1, -0.05) is 11.6 Å². The van der Waals surface area contributed by atoms with Crippen LogP contribution in [-0.4, -0.2) is 43.2 Å². The van der Waals surface area contributed by atoms with Gasteiger partial charge in [0.05, 0.1) is 17.3 Å². The zero-order valence-corrected chi connectivity index (χ0v) is 16.3. The van der Waals surface area contributed by atoms with Gasteiger partial charge in [-0.2, -0.15) is 10.2 Å². The highest BCUT2D eigenvalue weighted by Crippen LogP contribution is 2.15. The molecule has 0 saturated heterocycles. The molecule has 0 atom stereocenters. The van der Waals surface area contributed by atoms with E-state index in [0.29, 0.717) is 16.7 Å². The fraction of sp³-hybridized carbons (Fsp3) is 0.562. The predicted octanol–water partition coefficient (Wildman–Crippen LogP) is 2.77. The Morgan fingerprint density at radius 3 is 2.71 bits per heavy atom. The molecule has 0 fully saturated rings. The summed E-state index contributed by atoms with van der Waals surface area (Å²) in [6.45, 7) is 9.20. The van der Waals surface area contributed by atoms with Crippen LogP contribution in [0.4, 0.5) is 0 Å². The molecule has 0 amide bonds. The Hall–Kier alpha value is -1.60. The third-order valence-corrected chi connectivity index (χ3v) is 4.54. The molecule has 1 N–H and O–H groups in total. The molecule has 0 aliphatic rings. The monoisotopic (exact) mass is 368 g/mol. The third-order valence-electron chi connectivity index (χ3n) is 3.77. The van der Waals surface area contributed by atoms with Crippen molar-refractivity contribution in [1.82, 2.24) is 29.8 Å². The Bertz CT molecular complexity index is 693. The Labute approximate surface area is 153 Å². The maximum atomic E-state index is 6.20. The zero-order chi connectivity index (χ0) is 17.7. The van der Waals surface area contributed by atoms with Crippen molar-refractivity contribution in [1.29, 1.82) is 0 Å². The van der Waals surface area contributed by atoms with Crippen LogP contribution in [0.25, 0.3) is 0 Å². The lowest BCUT2D eigenvalue weighted by atomic mass is 10.4. The lowest BCUT2D eigenvalue weighted by Crippen LogP contribution is -2.37. The second-order valence-electron chi connectivity index (χ2n) is 5.87. The van der Waals surface area contributed by atoms with E-state index in [0.717, 1.165) is 37.4 Å². The summed E-state index contributed by atoms with van der Waals surface area (Å²) in [4.78, 5) is 1.95. The van der Waals surface area contributed by atoms with Crippen molar-refractivity contribution in [2.45, 2.75) is 46.8 Å². The van der Waals surface area contributed by atoms with E-state index in [-0.39, 0.29) is 0 Å². The van der Waals surface area contributed by atoms with E-state index in [1.54, 1.807) is 0 Å². The van der Waals surface area contributed by atoms with Crippen LogP contribution in [0.5, 0.6) is 0 Å². The van der Waals surface area contributed by atoms with Gasteiger partial charge in [-0.3, -0.25) is 9.36 Å². The molecular formula is C16H25ClN6S. The topological polar surface area (TPSA) is 50.9 Å². The molecule has 6 nitrogen and oxygen atoms in total. The average Bonchev–Trinajstić information content (AvgIpc) is 3.05. The number of nitrogens with one attached hydrogen (secondary N) is 1. The highest BCUT2D eigenvalue weighted by Gasteiger charge is 2.11. The second kappa shape index (κ2) is 8.48. The van der Waals surface area contributed by atoms with E-state index in [1.165, 1.54) is 5.69 Å². The first-order chi connectivity index (χ1) is 11.4. The molecule has 0 radical (unpaired) electrons. The van der Waals surface area contributed by atoms with Gasteiger partial charge in [0, 0.05) is 38.6 Å². The lowest BCUT2D eigenvalue weighted by molar-refractivity contribution is 0.470. The molecule has 0 aliphatic carbocycles. The molecule has 2 aromatic rings. The molecule has 0 aromatic carbocycles. The van der Waals surface area contributed by atoms with Crippen molar-refractivity contribution >= 4 is 28.9 Å². The molecule has 8 heteroatoms. The summed E-state index contributed by atoms with van der Waals surface area (Å²) in [5, 5.41) is 13.6. The van der Waals surface area contributed by atoms with E-state index in [2.05, 4.69) is 28.5 Å². The van der Waals surface area contributed by atoms with Gasteiger partial charge in [0.25, 0.3) is 0 Å². The summed E-state index contributed by atoms with van der Waals surface area (Å²) >= 11 is 11.6. The molecule has 2 rings (SSSR count). The Morgan fingerprint density at radius 1 is 1.38 bits per heavy atom. The minimum Gasteiger partial charge on any atom is -0.362 e. The van der Waals surface area contributed by atoms with Gasteiger partial charge < -0.3 is 10.2 Å². The molecule has 0 unspecified atom stereocenters. The van der Waals surface area contributed by atoms with E-state index >= 15 is 0 Å². The molecule has 2 aromatic heterocycles. The third kappa shape index (κ3) is 4.95. The van der Waals surface area contributed by atoms with Crippen LogP contribution in [0.3, 0.4) is 0 Å². The van der Waals surface area contributed by atoms with Crippen LogP contribution in [0, 0.1) is 13.8 Å². The van der Waals surface area contributed by atoms with Crippen molar-refractivity contribution in [3.05, 3.63) is 34.4 Å². The van der Waals surface area contributed by atoms with Gasteiger partial charge >= 0.3 is 0 Å². The number of nitrogens with zero attached hydrogens (tertiary/aromatic N) is 5. The fourth-order valence-electron chi connectivity index (χ4n) is 2.46. The molecule has 0 bridgehead atoms. The standard InChI is InChI=1S/C16H25ClN6S/c1-5-22-10-14(17)15(20-22)11-21(4)16(24)18-7-6-8-23-13(3)9-12(2)19-23/h9-10H,5-8,11H2,1-4H3,(H,18,24). The van der Waals surface area contributed by atoms with E-state index in [9.17, 15) is 0 Å². The van der Waals surface area contributed by atoms with Crippen LogP contribution in [0.15, 0.2) is 12.3 Å². The van der Waals surface area contributed by atoms with Crippen molar-refractivity contribution in [2.24, 2.45) is 0 Å². The van der Waals surface area contributed by atoms with Crippen molar-refractivity contribution in [3.8, 4) is 0 Å². The summed E-state index contributed by atoms with van der Waals surface area (Å²) in [6, 6.07) is 2.09. The molecule has 0 spiro atoms. The van der Waals surface area contributed by atoms with E-state index in [1.807, 2.05) is 41.4 Å². The number of aromatic nitrogens is 4. The molecular weight excluding hydrogens is 344 g/mol. The van der Waals surface area contributed by atoms with Gasteiger partial charge in [0.2, 0.25) is 0 Å². The van der Waals surface area contributed by atoms with Gasteiger partial charge in [0.15, 0.2) is 5.11 Å². The minimum atomic E-state index is 0.592. The summed E-state index contributed by atoms with van der Waals surface area (Å²) in [5.41, 5.74) is 3.08. The van der Waals surface area contributed by atoms with Crippen molar-refractivity contribution < 1.29 is 0 Å². The van der Waals surface area contributed by atoms with Crippen LogP contribution in [-0.2, 0) is 19.6 Å². The summed E-state index contributed by atoms with van der Waals surface area (Å²) in [5.74, 6) is 0. The number of thiocarbonyl (C=S) groups is 1. The lowest BCUT2D eigenvalue weighted by Gasteiger charge is -2.20. The van der Waals surface area contributed by atoms with Crippen LogP contribution < -0.4 is 5.32 Å². The van der Waals surface area contributed by atoms with Crippen LogP contribution in [0.1, 0.15) is 30.4 Å². The van der Waals surface area contributed by atoms with Crippen molar-refractivity contribution in [2.75, 3.05) is 13.6 Å². The summed E-state index contributed by atoms with van der Waals surface area (Å²) < 4.78 is 3.86. The highest BCUT2D eigenvalue weighted by atomic mass is 35.5. The number of hydrogen-bond donors (Lipinski definition) is 1. The highest BCUT2D eigenvalue weighted by molar-refractivity contribution is 7.80. The zero-order valence-electron chi connectivity index (χ0n) is 14.7. The first-order valence-electron chi connectivity index (χ1n) is 8.12. The van der Waals surface area contributed by atoms with Gasteiger partial charge in [-0.25, -0.2) is 0 Å². The number of halogens is 1. The first kappa shape index (κ1) is 18.7. The number of aryl methyl sites for hydroxylation is 4. The van der Waals surface area contributed by atoms with Gasteiger partial charge in [-0.15, -0.1) is 0 Å².